The van der Waals surface area contributed by atoms with Crippen molar-refractivity contribution in [1.82, 2.24) is 0 Å². The van der Waals surface area contributed by atoms with Crippen LogP contribution in [0.25, 0.3) is 0 Å². The van der Waals surface area contributed by atoms with Gasteiger partial charge in [0.25, 0.3) is 0 Å². The van der Waals surface area contributed by atoms with E-state index in [0.717, 1.165) is 19.3 Å². The zero-order chi connectivity index (χ0) is 20.6. The van der Waals surface area contributed by atoms with Crippen molar-refractivity contribution in [1.29, 1.82) is 0 Å². The number of hydrogen-bond acceptors (Lipinski definition) is 2. The van der Waals surface area contributed by atoms with Crippen molar-refractivity contribution in [3.8, 4) is 0 Å². The number of unbranched alkanes of at least 4 members (excludes halogenated alkanes) is 15. The number of carbonyl (C=O) groups excluding carboxylic acids is 1. The monoisotopic (exact) mass is 423 g/mol. The molecule has 3 nitrogen and oxygen atoms in total. The Morgan fingerprint density at radius 2 is 1.00 bits per heavy atom. The second kappa shape index (κ2) is 15.9. The molecule has 0 spiro atoms. The van der Waals surface area contributed by atoms with Crippen LogP contribution in [0.5, 0.6) is 0 Å². The first-order valence-electron chi connectivity index (χ1n) is 11.2. The summed E-state index contributed by atoms with van der Waals surface area (Å²) in [4.78, 5) is 11.1. The van der Waals surface area contributed by atoms with Crippen LogP contribution >= 0.6 is 23.6 Å². The molecule has 0 aromatic rings. The summed E-state index contributed by atoms with van der Waals surface area (Å²) in [6.45, 7) is 5.72. The molecule has 0 aromatic carbocycles. The number of carbonyl (C=O) groups is 1. The number of aliphatic carboxylic acids is 1. The molecular formula is C22H43Cl2NO2. The Hall–Kier alpha value is 0.01000. The molecule has 0 amide bonds. The van der Waals surface area contributed by atoms with E-state index in [1.807, 2.05) is 0 Å². The quantitative estimate of drug-likeness (QED) is 0.167. The third-order valence-corrected chi connectivity index (χ3v) is 6.79. The van der Waals surface area contributed by atoms with Crippen LogP contribution in [0.3, 0.4) is 0 Å². The Labute approximate surface area is 178 Å². The third-order valence-electron chi connectivity index (χ3n) is 5.61. The SMILES string of the molecule is CCCCCCCCCCCCCCCCCC[N+](Cl)(Cl)C(C)(C)C(=O)[O-]. The van der Waals surface area contributed by atoms with E-state index in [0.29, 0.717) is 6.54 Å². The summed E-state index contributed by atoms with van der Waals surface area (Å²) in [6, 6.07) is 0. The van der Waals surface area contributed by atoms with Crippen LogP contribution in [0.4, 0.5) is 0 Å². The highest BCUT2D eigenvalue weighted by molar-refractivity contribution is 6.24. The van der Waals surface area contributed by atoms with E-state index in [4.69, 9.17) is 23.6 Å². The minimum atomic E-state index is -1.29. The van der Waals surface area contributed by atoms with E-state index in [1.165, 1.54) is 97.3 Å². The number of nitrogens with zero attached hydrogens (tertiary/aromatic N) is 1. The first-order valence-corrected chi connectivity index (χ1v) is 11.9. The molecule has 0 aromatic heterocycles. The first kappa shape index (κ1) is 27.0. The number of halogens is 2. The zero-order valence-corrected chi connectivity index (χ0v) is 19.6. The molecule has 0 aliphatic heterocycles. The van der Waals surface area contributed by atoms with Gasteiger partial charge in [0, 0.05) is 0 Å². The van der Waals surface area contributed by atoms with Gasteiger partial charge in [-0.3, -0.25) is 0 Å². The Balaban J connectivity index is 3.40. The topological polar surface area (TPSA) is 40.1 Å². The number of quaternary nitrogens is 1. The molecule has 162 valence electrons. The lowest BCUT2D eigenvalue weighted by molar-refractivity contribution is -0.745. The van der Waals surface area contributed by atoms with Crippen molar-refractivity contribution in [2.45, 2.75) is 129 Å². The lowest BCUT2D eigenvalue weighted by atomic mass is 10.0. The summed E-state index contributed by atoms with van der Waals surface area (Å²) in [5, 5.41) is 11.1. The van der Waals surface area contributed by atoms with Gasteiger partial charge >= 0.3 is 0 Å². The summed E-state index contributed by atoms with van der Waals surface area (Å²) < 4.78 is -0.562. The molecule has 0 saturated heterocycles. The summed E-state index contributed by atoms with van der Waals surface area (Å²) in [6.07, 6.45) is 20.9. The highest BCUT2D eigenvalue weighted by Crippen LogP contribution is 2.32. The van der Waals surface area contributed by atoms with Crippen molar-refractivity contribution in [3.63, 3.8) is 0 Å². The molecule has 0 aliphatic carbocycles. The molecule has 0 N–H and O–H groups in total. The normalized spacial score (nSPS) is 12.5. The summed E-state index contributed by atoms with van der Waals surface area (Å²) >= 11 is 12.3. The van der Waals surface area contributed by atoms with Crippen molar-refractivity contribution in [2.24, 2.45) is 0 Å². The molecule has 0 bridgehead atoms. The Morgan fingerprint density at radius 1 is 0.704 bits per heavy atom. The Bertz CT molecular complexity index is 373. The number of hydrogen-bond donors (Lipinski definition) is 0. The van der Waals surface area contributed by atoms with Crippen LogP contribution in [0.1, 0.15) is 124 Å². The number of rotatable bonds is 19. The first-order chi connectivity index (χ1) is 12.8. The molecular weight excluding hydrogens is 381 g/mol. The van der Waals surface area contributed by atoms with Gasteiger partial charge in [-0.25, -0.2) is 0 Å². The minimum Gasteiger partial charge on any atom is -0.544 e. The van der Waals surface area contributed by atoms with E-state index < -0.39 is 15.0 Å². The van der Waals surface area contributed by atoms with Gasteiger partial charge in [-0.05, 0) is 26.7 Å². The maximum absolute atomic E-state index is 11.1. The van der Waals surface area contributed by atoms with Gasteiger partial charge in [-0.15, -0.1) is 3.52 Å². The summed E-state index contributed by atoms with van der Waals surface area (Å²) in [5.41, 5.74) is -1.29. The molecule has 0 rings (SSSR count). The van der Waals surface area contributed by atoms with Gasteiger partial charge in [0.1, 0.15) is 12.5 Å². The van der Waals surface area contributed by atoms with E-state index in [-0.39, 0.29) is 0 Å². The van der Waals surface area contributed by atoms with Crippen molar-refractivity contribution in [3.05, 3.63) is 0 Å². The predicted octanol–water partition coefficient (Wildman–Crippen LogP) is 6.90. The van der Waals surface area contributed by atoms with E-state index in [9.17, 15) is 9.90 Å². The lowest BCUT2D eigenvalue weighted by Gasteiger charge is -2.36. The predicted molar refractivity (Wildman–Crippen MR) is 115 cm³/mol. The smallest absolute Gasteiger partial charge is 0.187 e. The average molecular weight is 424 g/mol. The van der Waals surface area contributed by atoms with Crippen LogP contribution in [0.15, 0.2) is 0 Å². The fraction of sp³-hybridized carbons (Fsp3) is 0.955. The van der Waals surface area contributed by atoms with Crippen LogP contribution < -0.4 is 5.11 Å². The van der Waals surface area contributed by atoms with Crippen molar-refractivity contribution >= 4 is 29.5 Å². The number of carboxylic acids is 1. The maximum Gasteiger partial charge on any atom is 0.187 e. The van der Waals surface area contributed by atoms with Gasteiger partial charge in [-0.2, -0.15) is 0 Å². The third kappa shape index (κ3) is 13.0. The molecule has 0 heterocycles. The highest BCUT2D eigenvalue weighted by Gasteiger charge is 2.44. The largest absolute Gasteiger partial charge is 0.544 e. The minimum absolute atomic E-state index is 0.433. The molecule has 0 unspecified atom stereocenters. The van der Waals surface area contributed by atoms with Gasteiger partial charge in [-0.1, -0.05) is 96.8 Å². The fourth-order valence-electron chi connectivity index (χ4n) is 3.27. The molecule has 0 saturated carbocycles. The van der Waals surface area contributed by atoms with E-state index in [1.54, 1.807) is 0 Å². The van der Waals surface area contributed by atoms with Gasteiger partial charge in [0.15, 0.2) is 29.1 Å². The zero-order valence-electron chi connectivity index (χ0n) is 18.0. The van der Waals surface area contributed by atoms with Gasteiger partial charge < -0.3 is 9.90 Å². The Morgan fingerprint density at radius 3 is 1.30 bits per heavy atom. The van der Waals surface area contributed by atoms with Crippen LogP contribution in [0.2, 0.25) is 0 Å². The summed E-state index contributed by atoms with van der Waals surface area (Å²) in [5.74, 6) is -1.22. The van der Waals surface area contributed by atoms with Crippen LogP contribution in [0, 0.1) is 0 Å². The van der Waals surface area contributed by atoms with Crippen molar-refractivity contribution in [2.75, 3.05) is 6.54 Å². The average Bonchev–Trinajstić information content (AvgIpc) is 2.61. The van der Waals surface area contributed by atoms with Crippen LogP contribution in [-0.2, 0) is 4.79 Å². The second-order valence-electron chi connectivity index (χ2n) is 8.50. The summed E-state index contributed by atoms with van der Waals surface area (Å²) in [7, 11) is 0. The van der Waals surface area contributed by atoms with E-state index >= 15 is 0 Å². The number of carboxylic acid groups (broad SMARTS) is 1. The van der Waals surface area contributed by atoms with Crippen molar-refractivity contribution < 1.29 is 13.4 Å². The lowest BCUT2D eigenvalue weighted by Crippen LogP contribution is -2.59. The fourth-order valence-corrected chi connectivity index (χ4v) is 3.65. The molecule has 5 heteroatoms. The molecule has 0 atom stereocenters. The molecule has 0 aliphatic rings. The highest BCUT2D eigenvalue weighted by atomic mass is 35.5. The van der Waals surface area contributed by atoms with E-state index in [2.05, 4.69) is 6.92 Å². The van der Waals surface area contributed by atoms with Gasteiger partial charge in [0.05, 0.1) is 0 Å². The molecule has 0 fully saturated rings. The van der Waals surface area contributed by atoms with Gasteiger partial charge in [0.2, 0.25) is 0 Å². The maximum atomic E-state index is 11.1. The Kier molecular flexibility index (Phi) is 15.9. The molecule has 27 heavy (non-hydrogen) atoms. The second-order valence-corrected chi connectivity index (χ2v) is 9.83. The standard InChI is InChI=1S/C22H43Cl2NO2/c1-4-5-6-7-8-9-10-11-12-13-14-15-16-17-18-19-20-25(23,24)22(2,3)21(26)27/h4-20H2,1-3H3. The van der Waals surface area contributed by atoms with Crippen LogP contribution in [-0.4, -0.2) is 21.6 Å². The molecule has 0 radical (unpaired) electrons.